The molecule has 1 heterocycles. The van der Waals surface area contributed by atoms with Gasteiger partial charge in [0, 0.05) is 6.08 Å². The second kappa shape index (κ2) is 5.54. The van der Waals surface area contributed by atoms with Gasteiger partial charge in [-0.25, -0.2) is 9.78 Å². The van der Waals surface area contributed by atoms with Crippen LogP contribution in [0.15, 0.2) is 28.9 Å². The molecular formula is C10H10BrNO2. The highest BCUT2D eigenvalue weighted by Gasteiger charge is 1.94. The Morgan fingerprint density at radius 1 is 1.64 bits per heavy atom. The molecule has 1 rings (SSSR count). The highest BCUT2D eigenvalue weighted by Crippen LogP contribution is 2.07. The fourth-order valence-corrected chi connectivity index (χ4v) is 1.22. The summed E-state index contributed by atoms with van der Waals surface area (Å²) in [5.41, 5.74) is 0.715. The number of halogens is 1. The van der Waals surface area contributed by atoms with E-state index >= 15 is 0 Å². The minimum atomic E-state index is -0.353. The van der Waals surface area contributed by atoms with Crippen LogP contribution >= 0.6 is 15.9 Å². The molecule has 0 atom stereocenters. The van der Waals surface area contributed by atoms with Crippen molar-refractivity contribution in [3.63, 3.8) is 0 Å². The molecule has 0 N–H and O–H groups in total. The third-order valence-electron chi connectivity index (χ3n) is 1.41. The number of esters is 1. The van der Waals surface area contributed by atoms with Gasteiger partial charge < -0.3 is 4.74 Å². The summed E-state index contributed by atoms with van der Waals surface area (Å²) in [6, 6.07) is 5.48. The Morgan fingerprint density at radius 2 is 2.43 bits per heavy atom. The van der Waals surface area contributed by atoms with Gasteiger partial charge in [-0.1, -0.05) is 6.07 Å². The molecule has 1 aromatic heterocycles. The van der Waals surface area contributed by atoms with Crippen LogP contribution in [0, 0.1) is 0 Å². The standard InChI is InChI=1S/C10H10BrNO2/c1-2-14-10(13)7-6-8-4-3-5-9(11)12-8/h3-7H,2H2,1H3. The minimum absolute atomic E-state index is 0.353. The van der Waals surface area contributed by atoms with Gasteiger partial charge in [0.25, 0.3) is 0 Å². The first-order valence-electron chi connectivity index (χ1n) is 4.19. The van der Waals surface area contributed by atoms with Crippen molar-refractivity contribution in [1.82, 2.24) is 4.98 Å². The molecule has 0 amide bonds. The third kappa shape index (κ3) is 3.70. The average molecular weight is 256 g/mol. The van der Waals surface area contributed by atoms with Crippen molar-refractivity contribution in [1.29, 1.82) is 0 Å². The lowest BCUT2D eigenvalue weighted by Crippen LogP contribution is -1.98. The number of aromatic nitrogens is 1. The van der Waals surface area contributed by atoms with Crippen LogP contribution in [0.5, 0.6) is 0 Å². The third-order valence-corrected chi connectivity index (χ3v) is 1.86. The second-order valence-electron chi connectivity index (χ2n) is 2.47. The Bertz CT molecular complexity index is 350. The van der Waals surface area contributed by atoms with E-state index in [2.05, 4.69) is 20.9 Å². The SMILES string of the molecule is CCOC(=O)C=Cc1cccc(Br)n1. The molecule has 14 heavy (non-hydrogen) atoms. The van der Waals surface area contributed by atoms with E-state index in [0.717, 1.165) is 4.60 Å². The monoisotopic (exact) mass is 255 g/mol. The van der Waals surface area contributed by atoms with Crippen LogP contribution in [0.3, 0.4) is 0 Å². The van der Waals surface area contributed by atoms with Gasteiger partial charge in [-0.3, -0.25) is 0 Å². The molecule has 0 radical (unpaired) electrons. The summed E-state index contributed by atoms with van der Waals surface area (Å²) < 4.78 is 5.47. The first-order valence-corrected chi connectivity index (χ1v) is 4.99. The quantitative estimate of drug-likeness (QED) is 0.473. The highest BCUT2D eigenvalue weighted by molar-refractivity contribution is 9.10. The zero-order valence-electron chi connectivity index (χ0n) is 7.74. The number of carbonyl (C=O) groups excluding carboxylic acids is 1. The predicted octanol–water partition coefficient (Wildman–Crippen LogP) is 2.42. The maximum absolute atomic E-state index is 11.0. The first-order chi connectivity index (χ1) is 6.72. The van der Waals surface area contributed by atoms with E-state index in [1.165, 1.54) is 6.08 Å². The summed E-state index contributed by atoms with van der Waals surface area (Å²) in [6.07, 6.45) is 2.97. The van der Waals surface area contributed by atoms with Gasteiger partial charge >= 0.3 is 5.97 Å². The van der Waals surface area contributed by atoms with Crippen LogP contribution in [-0.2, 0) is 9.53 Å². The van der Waals surface area contributed by atoms with Gasteiger partial charge in [-0.15, -0.1) is 0 Å². The fourth-order valence-electron chi connectivity index (χ4n) is 0.861. The number of nitrogens with zero attached hydrogens (tertiary/aromatic N) is 1. The van der Waals surface area contributed by atoms with Crippen molar-refractivity contribution >= 4 is 28.0 Å². The number of ether oxygens (including phenoxy) is 1. The molecule has 0 fully saturated rings. The average Bonchev–Trinajstić information content (AvgIpc) is 2.15. The van der Waals surface area contributed by atoms with Crippen LogP contribution < -0.4 is 0 Å². The molecule has 0 aliphatic rings. The number of carbonyl (C=O) groups is 1. The predicted molar refractivity (Wildman–Crippen MR) is 57.6 cm³/mol. The topological polar surface area (TPSA) is 39.2 Å². The Kier molecular flexibility index (Phi) is 4.32. The van der Waals surface area contributed by atoms with Gasteiger partial charge in [0.1, 0.15) is 4.60 Å². The van der Waals surface area contributed by atoms with Crippen LogP contribution in [0.4, 0.5) is 0 Å². The molecule has 0 spiro atoms. The molecule has 0 saturated heterocycles. The Balaban J connectivity index is 2.64. The fraction of sp³-hybridized carbons (Fsp3) is 0.200. The molecule has 1 aromatic rings. The van der Waals surface area contributed by atoms with Crippen molar-refractivity contribution < 1.29 is 9.53 Å². The molecule has 0 aliphatic heterocycles. The second-order valence-corrected chi connectivity index (χ2v) is 3.28. The van der Waals surface area contributed by atoms with E-state index in [1.807, 2.05) is 12.1 Å². The Morgan fingerprint density at radius 3 is 3.07 bits per heavy atom. The van der Waals surface area contributed by atoms with Crippen molar-refractivity contribution in [2.75, 3.05) is 6.61 Å². The molecule has 0 unspecified atom stereocenters. The largest absolute Gasteiger partial charge is 0.463 e. The van der Waals surface area contributed by atoms with E-state index < -0.39 is 0 Å². The van der Waals surface area contributed by atoms with E-state index in [4.69, 9.17) is 4.74 Å². The lowest BCUT2D eigenvalue weighted by molar-refractivity contribution is -0.137. The number of rotatable bonds is 3. The molecule has 0 aromatic carbocycles. The lowest BCUT2D eigenvalue weighted by Gasteiger charge is -1.95. The van der Waals surface area contributed by atoms with E-state index in [9.17, 15) is 4.79 Å². The van der Waals surface area contributed by atoms with Crippen LogP contribution in [0.25, 0.3) is 6.08 Å². The van der Waals surface area contributed by atoms with Gasteiger partial charge in [0.15, 0.2) is 0 Å². The lowest BCUT2D eigenvalue weighted by atomic mass is 10.3. The Hall–Kier alpha value is -1.16. The number of hydrogen-bond donors (Lipinski definition) is 0. The maximum Gasteiger partial charge on any atom is 0.330 e. The first kappa shape index (κ1) is 10.9. The van der Waals surface area contributed by atoms with E-state index in [0.29, 0.717) is 12.3 Å². The minimum Gasteiger partial charge on any atom is -0.463 e. The van der Waals surface area contributed by atoms with Gasteiger partial charge in [0.05, 0.1) is 12.3 Å². The normalized spacial score (nSPS) is 10.4. The molecular weight excluding hydrogens is 246 g/mol. The molecule has 74 valence electrons. The van der Waals surface area contributed by atoms with Gasteiger partial charge in [0.2, 0.25) is 0 Å². The molecule has 3 nitrogen and oxygen atoms in total. The number of hydrogen-bond acceptors (Lipinski definition) is 3. The Labute approximate surface area is 90.9 Å². The van der Waals surface area contributed by atoms with Crippen LogP contribution in [0.1, 0.15) is 12.6 Å². The summed E-state index contributed by atoms with van der Waals surface area (Å²) in [6.45, 7) is 2.15. The molecule has 0 aliphatic carbocycles. The van der Waals surface area contributed by atoms with Crippen molar-refractivity contribution in [2.24, 2.45) is 0 Å². The summed E-state index contributed by atoms with van der Waals surface area (Å²) >= 11 is 3.24. The van der Waals surface area contributed by atoms with Crippen molar-refractivity contribution in [3.05, 3.63) is 34.6 Å². The van der Waals surface area contributed by atoms with Crippen molar-refractivity contribution in [3.8, 4) is 0 Å². The molecule has 0 bridgehead atoms. The van der Waals surface area contributed by atoms with Crippen molar-refractivity contribution in [2.45, 2.75) is 6.92 Å². The summed E-state index contributed by atoms with van der Waals surface area (Å²) in [4.78, 5) is 15.1. The summed E-state index contributed by atoms with van der Waals surface area (Å²) in [5, 5.41) is 0. The van der Waals surface area contributed by atoms with E-state index in [-0.39, 0.29) is 5.97 Å². The van der Waals surface area contributed by atoms with Gasteiger partial charge in [-0.2, -0.15) is 0 Å². The smallest absolute Gasteiger partial charge is 0.330 e. The zero-order chi connectivity index (χ0) is 10.4. The van der Waals surface area contributed by atoms with Crippen LogP contribution in [-0.4, -0.2) is 17.6 Å². The zero-order valence-corrected chi connectivity index (χ0v) is 9.32. The molecule has 0 saturated carbocycles. The summed E-state index contributed by atoms with van der Waals surface area (Å²) in [7, 11) is 0. The molecule has 4 heteroatoms. The number of pyridine rings is 1. The maximum atomic E-state index is 11.0. The van der Waals surface area contributed by atoms with Gasteiger partial charge in [-0.05, 0) is 41.1 Å². The van der Waals surface area contributed by atoms with E-state index in [1.54, 1.807) is 19.1 Å². The highest BCUT2D eigenvalue weighted by atomic mass is 79.9. The summed E-state index contributed by atoms with van der Waals surface area (Å²) in [5.74, 6) is -0.353. The van der Waals surface area contributed by atoms with Crippen LogP contribution in [0.2, 0.25) is 0 Å².